The molecule has 0 amide bonds. The number of halogens is 2. The highest BCUT2D eigenvalue weighted by Gasteiger charge is 2.08. The van der Waals surface area contributed by atoms with Crippen LogP contribution >= 0.6 is 0 Å². The van der Waals surface area contributed by atoms with Gasteiger partial charge in [0.05, 0.1) is 0 Å². The number of hydrogen-bond acceptors (Lipinski definition) is 0. The van der Waals surface area contributed by atoms with E-state index in [0.717, 1.165) is 11.1 Å². The second kappa shape index (κ2) is 6.10. The second-order valence-corrected chi connectivity index (χ2v) is 4.19. The predicted octanol–water partition coefficient (Wildman–Crippen LogP) is 4.62. The van der Waals surface area contributed by atoms with Crippen molar-refractivity contribution in [3.63, 3.8) is 0 Å². The molecule has 92 valence electrons. The normalized spacial score (nSPS) is 10.1. The van der Waals surface area contributed by atoms with E-state index in [-0.39, 0.29) is 5.57 Å². The molecule has 2 aromatic carbocycles. The lowest BCUT2D eigenvalue weighted by Crippen LogP contribution is -1.97. The number of allylic oxidation sites excluding steroid dienone is 1. The second-order valence-electron chi connectivity index (χ2n) is 4.19. The van der Waals surface area contributed by atoms with Crippen molar-refractivity contribution in [2.45, 2.75) is 12.8 Å². The Morgan fingerprint density at radius 1 is 0.667 bits per heavy atom. The lowest BCUT2D eigenvalue weighted by Gasteiger charge is -2.07. The van der Waals surface area contributed by atoms with Crippen LogP contribution in [-0.4, -0.2) is 0 Å². The van der Waals surface area contributed by atoms with Gasteiger partial charge in [-0.15, -0.1) is 0 Å². The van der Waals surface area contributed by atoms with Crippen molar-refractivity contribution in [3.05, 3.63) is 83.4 Å². The molecule has 0 aliphatic carbocycles. The van der Waals surface area contributed by atoms with Crippen molar-refractivity contribution in [2.75, 3.05) is 0 Å². The van der Waals surface area contributed by atoms with Crippen LogP contribution < -0.4 is 0 Å². The molecular formula is C16H14F2. The van der Waals surface area contributed by atoms with Crippen molar-refractivity contribution in [3.8, 4) is 0 Å². The van der Waals surface area contributed by atoms with Gasteiger partial charge in [-0.1, -0.05) is 60.7 Å². The molecule has 2 aromatic rings. The van der Waals surface area contributed by atoms with Crippen molar-refractivity contribution < 1.29 is 8.78 Å². The standard InChI is InChI=1S/C16H14F2/c17-16(18)15(11-13-7-3-1-4-8-13)12-14-9-5-2-6-10-14/h1-10H,11-12H2. The molecule has 0 aliphatic heterocycles. The van der Waals surface area contributed by atoms with E-state index in [1.54, 1.807) is 0 Å². The summed E-state index contributed by atoms with van der Waals surface area (Å²) in [6.07, 6.45) is -0.960. The summed E-state index contributed by atoms with van der Waals surface area (Å²) in [4.78, 5) is 0. The Hall–Kier alpha value is -1.96. The van der Waals surface area contributed by atoms with Crippen molar-refractivity contribution in [1.29, 1.82) is 0 Å². The number of rotatable bonds is 4. The Morgan fingerprint density at radius 2 is 1.06 bits per heavy atom. The van der Waals surface area contributed by atoms with Crippen LogP contribution in [0.4, 0.5) is 8.78 Å². The summed E-state index contributed by atoms with van der Waals surface area (Å²) < 4.78 is 25.9. The minimum atomic E-state index is -1.57. The van der Waals surface area contributed by atoms with Crippen LogP contribution in [0.2, 0.25) is 0 Å². The molecule has 0 bridgehead atoms. The van der Waals surface area contributed by atoms with E-state index in [1.165, 1.54) is 0 Å². The first kappa shape index (κ1) is 12.5. The van der Waals surface area contributed by atoms with Gasteiger partial charge in [0, 0.05) is 5.57 Å². The third kappa shape index (κ3) is 3.52. The third-order valence-electron chi connectivity index (χ3n) is 2.79. The molecule has 0 nitrogen and oxygen atoms in total. The van der Waals surface area contributed by atoms with Crippen LogP contribution in [0.15, 0.2) is 72.3 Å². The highest BCUT2D eigenvalue weighted by molar-refractivity contribution is 5.27. The molecule has 0 atom stereocenters. The summed E-state index contributed by atoms with van der Waals surface area (Å²) >= 11 is 0. The zero-order valence-electron chi connectivity index (χ0n) is 9.94. The summed E-state index contributed by atoms with van der Waals surface area (Å²) in [5, 5.41) is 0. The number of benzene rings is 2. The van der Waals surface area contributed by atoms with Gasteiger partial charge >= 0.3 is 0 Å². The van der Waals surface area contributed by atoms with E-state index in [2.05, 4.69) is 0 Å². The van der Waals surface area contributed by atoms with Gasteiger partial charge in [0.15, 0.2) is 0 Å². The Balaban J connectivity index is 2.14. The Kier molecular flexibility index (Phi) is 4.24. The molecule has 2 rings (SSSR count). The molecule has 0 heterocycles. The van der Waals surface area contributed by atoms with Gasteiger partial charge in [0.25, 0.3) is 6.08 Å². The first-order chi connectivity index (χ1) is 8.75. The van der Waals surface area contributed by atoms with Crippen molar-refractivity contribution >= 4 is 0 Å². The topological polar surface area (TPSA) is 0 Å². The first-order valence-corrected chi connectivity index (χ1v) is 5.86. The van der Waals surface area contributed by atoms with Gasteiger partial charge in [0.2, 0.25) is 0 Å². The molecule has 0 saturated carbocycles. The maximum Gasteiger partial charge on any atom is 0.270 e. The fourth-order valence-electron chi connectivity index (χ4n) is 1.88. The van der Waals surface area contributed by atoms with E-state index in [1.807, 2.05) is 60.7 Å². The van der Waals surface area contributed by atoms with Crippen LogP contribution in [0, 0.1) is 0 Å². The largest absolute Gasteiger partial charge is 0.270 e. The molecule has 0 aliphatic rings. The Bertz CT molecular complexity index is 468. The summed E-state index contributed by atoms with van der Waals surface area (Å²) in [7, 11) is 0. The fraction of sp³-hybridized carbons (Fsp3) is 0.125. The Morgan fingerprint density at radius 3 is 1.39 bits per heavy atom. The molecule has 0 spiro atoms. The van der Waals surface area contributed by atoms with E-state index >= 15 is 0 Å². The third-order valence-corrected chi connectivity index (χ3v) is 2.79. The summed E-state index contributed by atoms with van der Waals surface area (Å²) in [6.45, 7) is 0. The summed E-state index contributed by atoms with van der Waals surface area (Å²) in [6, 6.07) is 18.7. The van der Waals surface area contributed by atoms with Crippen molar-refractivity contribution in [2.24, 2.45) is 0 Å². The highest BCUT2D eigenvalue weighted by atomic mass is 19.3. The zero-order valence-corrected chi connectivity index (χ0v) is 9.94. The van der Waals surface area contributed by atoms with Crippen LogP contribution in [0.1, 0.15) is 11.1 Å². The van der Waals surface area contributed by atoms with Crippen LogP contribution in [0.25, 0.3) is 0 Å². The quantitative estimate of drug-likeness (QED) is 0.736. The average molecular weight is 244 g/mol. The lowest BCUT2D eigenvalue weighted by molar-refractivity contribution is 0.407. The highest BCUT2D eigenvalue weighted by Crippen LogP contribution is 2.19. The van der Waals surface area contributed by atoms with E-state index in [9.17, 15) is 8.78 Å². The van der Waals surface area contributed by atoms with Crippen LogP contribution in [-0.2, 0) is 12.8 Å². The molecule has 18 heavy (non-hydrogen) atoms. The van der Waals surface area contributed by atoms with Crippen molar-refractivity contribution in [1.82, 2.24) is 0 Å². The van der Waals surface area contributed by atoms with E-state index in [0.29, 0.717) is 12.8 Å². The van der Waals surface area contributed by atoms with E-state index in [4.69, 9.17) is 0 Å². The summed E-state index contributed by atoms with van der Waals surface area (Å²) in [5.74, 6) is 0. The molecule has 0 saturated heterocycles. The first-order valence-electron chi connectivity index (χ1n) is 5.86. The average Bonchev–Trinajstić information content (AvgIpc) is 2.40. The molecule has 0 aromatic heterocycles. The van der Waals surface area contributed by atoms with Gasteiger partial charge in [0.1, 0.15) is 0 Å². The number of hydrogen-bond donors (Lipinski definition) is 0. The Labute approximate surface area is 106 Å². The van der Waals surface area contributed by atoms with Gasteiger partial charge in [-0.3, -0.25) is 0 Å². The van der Waals surface area contributed by atoms with Gasteiger partial charge < -0.3 is 0 Å². The van der Waals surface area contributed by atoms with Gasteiger partial charge in [-0.2, -0.15) is 8.78 Å². The molecule has 0 fully saturated rings. The molecular weight excluding hydrogens is 230 g/mol. The van der Waals surface area contributed by atoms with Crippen LogP contribution in [0.5, 0.6) is 0 Å². The zero-order chi connectivity index (χ0) is 12.8. The van der Waals surface area contributed by atoms with Gasteiger partial charge in [-0.05, 0) is 24.0 Å². The fourth-order valence-corrected chi connectivity index (χ4v) is 1.88. The summed E-state index contributed by atoms with van der Waals surface area (Å²) in [5.41, 5.74) is 2.01. The molecule has 0 radical (unpaired) electrons. The van der Waals surface area contributed by atoms with E-state index < -0.39 is 6.08 Å². The minimum Gasteiger partial charge on any atom is -0.173 e. The van der Waals surface area contributed by atoms with Crippen LogP contribution in [0.3, 0.4) is 0 Å². The molecule has 0 unspecified atom stereocenters. The molecule has 2 heteroatoms. The smallest absolute Gasteiger partial charge is 0.173 e. The minimum absolute atomic E-state index is 0.187. The SMILES string of the molecule is FC(F)=C(Cc1ccccc1)Cc1ccccc1. The lowest BCUT2D eigenvalue weighted by atomic mass is 9.99. The predicted molar refractivity (Wildman–Crippen MR) is 69.5 cm³/mol. The maximum absolute atomic E-state index is 13.0. The maximum atomic E-state index is 13.0. The van der Waals surface area contributed by atoms with Gasteiger partial charge in [-0.25, -0.2) is 0 Å². The monoisotopic (exact) mass is 244 g/mol. The molecule has 0 N–H and O–H groups in total.